The standard InChI is InChI=1S/C20H20P.C4H11O4P/c1-2-21(18-12-6-3-7-13-18,19-14-8-4-9-15-19)20-16-10-5-11-17-20;1-3-7-9(5,6)8-4-2/h3-17H,2H2,1H3;3-4H2,1-2H3,(H,5,6)/q+1;. The van der Waals surface area contributed by atoms with Gasteiger partial charge in [-0.3, -0.25) is 9.05 Å². The Morgan fingerprint density at radius 3 is 1.20 bits per heavy atom. The maximum absolute atomic E-state index is 10.5. The minimum Gasteiger partial charge on any atom is -0.302 e. The molecule has 0 spiro atoms. The van der Waals surface area contributed by atoms with Gasteiger partial charge >= 0.3 is 7.82 Å². The number of benzene rings is 3. The Bertz CT molecular complexity index is 796. The van der Waals surface area contributed by atoms with Crippen LogP contribution in [0.1, 0.15) is 20.8 Å². The van der Waals surface area contributed by atoms with Crippen molar-refractivity contribution in [3.63, 3.8) is 0 Å². The van der Waals surface area contributed by atoms with Crippen molar-refractivity contribution in [1.82, 2.24) is 0 Å². The van der Waals surface area contributed by atoms with Crippen LogP contribution < -0.4 is 15.9 Å². The summed E-state index contributed by atoms with van der Waals surface area (Å²) in [7, 11) is -5.23. The highest BCUT2D eigenvalue weighted by Crippen LogP contribution is 2.54. The lowest BCUT2D eigenvalue weighted by Crippen LogP contribution is -2.32. The van der Waals surface area contributed by atoms with E-state index in [9.17, 15) is 4.57 Å². The van der Waals surface area contributed by atoms with Crippen molar-refractivity contribution in [3.8, 4) is 0 Å². The molecule has 6 heteroatoms. The molecule has 3 aromatic rings. The van der Waals surface area contributed by atoms with Crippen molar-refractivity contribution in [3.05, 3.63) is 91.0 Å². The van der Waals surface area contributed by atoms with Crippen LogP contribution in [0.5, 0.6) is 0 Å². The molecular weight excluding hydrogens is 414 g/mol. The Labute approximate surface area is 180 Å². The molecule has 0 aliphatic carbocycles. The Morgan fingerprint density at radius 1 is 0.667 bits per heavy atom. The summed E-state index contributed by atoms with van der Waals surface area (Å²) < 4.78 is 19.2. The number of phosphoric acid groups is 1. The first-order chi connectivity index (χ1) is 14.5. The molecule has 4 nitrogen and oxygen atoms in total. The van der Waals surface area contributed by atoms with E-state index in [-0.39, 0.29) is 13.2 Å². The zero-order valence-electron chi connectivity index (χ0n) is 17.8. The summed E-state index contributed by atoms with van der Waals surface area (Å²) in [5.41, 5.74) is 0. The van der Waals surface area contributed by atoms with E-state index >= 15 is 0 Å². The molecule has 0 aliphatic heterocycles. The van der Waals surface area contributed by atoms with Crippen LogP contribution in [-0.2, 0) is 13.6 Å². The van der Waals surface area contributed by atoms with Crippen LogP contribution >= 0.6 is 15.1 Å². The van der Waals surface area contributed by atoms with Crippen molar-refractivity contribution in [2.75, 3.05) is 19.4 Å². The topological polar surface area (TPSA) is 55.8 Å². The zero-order valence-corrected chi connectivity index (χ0v) is 19.6. The summed E-state index contributed by atoms with van der Waals surface area (Å²) in [4.78, 5) is 8.63. The quantitative estimate of drug-likeness (QED) is 0.487. The van der Waals surface area contributed by atoms with Gasteiger partial charge in [-0.05, 0) is 57.2 Å². The molecule has 0 fully saturated rings. The van der Waals surface area contributed by atoms with Gasteiger partial charge in [0.05, 0.1) is 19.4 Å². The molecule has 30 heavy (non-hydrogen) atoms. The molecule has 0 heterocycles. The van der Waals surface area contributed by atoms with Crippen LogP contribution in [0, 0.1) is 0 Å². The molecule has 0 aromatic heterocycles. The highest BCUT2D eigenvalue weighted by molar-refractivity contribution is 7.95. The Hall–Kier alpha value is -1.80. The molecule has 0 atom stereocenters. The molecule has 0 aliphatic rings. The van der Waals surface area contributed by atoms with Gasteiger partial charge < -0.3 is 4.89 Å². The molecule has 0 unspecified atom stereocenters. The fourth-order valence-electron chi connectivity index (χ4n) is 3.41. The van der Waals surface area contributed by atoms with Gasteiger partial charge in [0.15, 0.2) is 0 Å². The predicted molar refractivity (Wildman–Crippen MR) is 129 cm³/mol. The van der Waals surface area contributed by atoms with Gasteiger partial charge in [-0.2, -0.15) is 0 Å². The third-order valence-electron chi connectivity index (χ3n) is 4.65. The van der Waals surface area contributed by atoms with Crippen molar-refractivity contribution < 1.29 is 18.5 Å². The summed E-state index contributed by atoms with van der Waals surface area (Å²) in [5, 5.41) is 4.39. The SMILES string of the molecule is CCOP(=O)(O)OCC.CC[P+](c1ccccc1)(c1ccccc1)c1ccccc1. The average molecular weight is 445 g/mol. The first-order valence-corrected chi connectivity index (χ1v) is 13.6. The van der Waals surface area contributed by atoms with Gasteiger partial charge in [0.1, 0.15) is 23.2 Å². The first-order valence-electron chi connectivity index (χ1n) is 10.2. The summed E-state index contributed by atoms with van der Waals surface area (Å²) in [5.74, 6) is 0. The van der Waals surface area contributed by atoms with E-state index in [0.717, 1.165) is 6.16 Å². The van der Waals surface area contributed by atoms with Crippen molar-refractivity contribution in [2.45, 2.75) is 20.8 Å². The van der Waals surface area contributed by atoms with Gasteiger partial charge in [0.2, 0.25) is 0 Å². The molecular formula is C24H31O4P2+. The molecule has 1 N–H and O–H groups in total. The fraction of sp³-hybridized carbons (Fsp3) is 0.250. The van der Waals surface area contributed by atoms with Crippen molar-refractivity contribution >= 4 is 31.0 Å². The molecule has 3 rings (SSSR count). The summed E-state index contributed by atoms with van der Waals surface area (Å²) in [6, 6.07) is 33.0. The van der Waals surface area contributed by atoms with E-state index in [1.165, 1.54) is 15.9 Å². The Kier molecular flexibility index (Phi) is 9.91. The number of hydrogen-bond donors (Lipinski definition) is 1. The summed E-state index contributed by atoms with van der Waals surface area (Å²) >= 11 is 0. The normalized spacial score (nSPS) is 11.5. The highest BCUT2D eigenvalue weighted by Gasteiger charge is 2.43. The second-order valence-electron chi connectivity index (χ2n) is 6.44. The maximum Gasteiger partial charge on any atom is 0.472 e. The van der Waals surface area contributed by atoms with Crippen molar-refractivity contribution in [1.29, 1.82) is 0 Å². The predicted octanol–water partition coefficient (Wildman–Crippen LogP) is 5.16. The van der Waals surface area contributed by atoms with E-state index in [2.05, 4.69) is 107 Å². The molecule has 160 valence electrons. The number of phosphoric ester groups is 1. The first kappa shape index (κ1) is 24.5. The van der Waals surface area contributed by atoms with Gasteiger partial charge in [0, 0.05) is 0 Å². The van der Waals surface area contributed by atoms with Crippen LogP contribution in [0.4, 0.5) is 0 Å². The zero-order chi connectivity index (χ0) is 21.9. The Balaban J connectivity index is 0.000000303. The number of rotatable bonds is 8. The van der Waals surface area contributed by atoms with Gasteiger partial charge in [-0.1, -0.05) is 54.6 Å². The van der Waals surface area contributed by atoms with Crippen LogP contribution in [-0.4, -0.2) is 24.3 Å². The lowest BCUT2D eigenvalue weighted by atomic mass is 10.4. The minimum absolute atomic E-state index is 0.188. The van der Waals surface area contributed by atoms with E-state index in [1.807, 2.05) is 0 Å². The van der Waals surface area contributed by atoms with Gasteiger partial charge in [0.25, 0.3) is 0 Å². The van der Waals surface area contributed by atoms with E-state index in [4.69, 9.17) is 4.89 Å². The minimum atomic E-state index is -3.69. The smallest absolute Gasteiger partial charge is 0.302 e. The summed E-state index contributed by atoms with van der Waals surface area (Å²) in [6.45, 7) is 5.95. The van der Waals surface area contributed by atoms with Gasteiger partial charge in [-0.15, -0.1) is 0 Å². The molecule has 0 saturated heterocycles. The average Bonchev–Trinajstić information content (AvgIpc) is 2.77. The second kappa shape index (κ2) is 12.2. The van der Waals surface area contributed by atoms with Crippen LogP contribution in [0.25, 0.3) is 0 Å². The third-order valence-corrected chi connectivity index (χ3v) is 10.3. The molecule has 0 saturated carbocycles. The van der Waals surface area contributed by atoms with Crippen LogP contribution in [0.2, 0.25) is 0 Å². The largest absolute Gasteiger partial charge is 0.472 e. The molecule has 0 amide bonds. The highest BCUT2D eigenvalue weighted by atomic mass is 31.2. The second-order valence-corrected chi connectivity index (χ2v) is 11.7. The van der Waals surface area contributed by atoms with Crippen LogP contribution in [0.15, 0.2) is 91.0 Å². The van der Waals surface area contributed by atoms with E-state index in [1.54, 1.807) is 13.8 Å². The molecule has 3 aromatic carbocycles. The monoisotopic (exact) mass is 445 g/mol. The lowest BCUT2D eigenvalue weighted by Gasteiger charge is -2.26. The Morgan fingerprint density at radius 2 is 0.967 bits per heavy atom. The maximum atomic E-state index is 10.5. The molecule has 0 bridgehead atoms. The van der Waals surface area contributed by atoms with E-state index in [0.29, 0.717) is 0 Å². The summed E-state index contributed by atoms with van der Waals surface area (Å²) in [6.07, 6.45) is 1.14. The lowest BCUT2D eigenvalue weighted by molar-refractivity contribution is 0.161. The molecule has 0 radical (unpaired) electrons. The number of hydrogen-bond acceptors (Lipinski definition) is 3. The van der Waals surface area contributed by atoms with Crippen LogP contribution in [0.3, 0.4) is 0 Å². The van der Waals surface area contributed by atoms with E-state index < -0.39 is 15.1 Å². The third kappa shape index (κ3) is 6.35. The fourth-order valence-corrected chi connectivity index (χ4v) is 8.17. The van der Waals surface area contributed by atoms with Crippen molar-refractivity contribution in [2.24, 2.45) is 0 Å². The van der Waals surface area contributed by atoms with Gasteiger partial charge in [-0.25, -0.2) is 4.57 Å².